The second-order valence-corrected chi connectivity index (χ2v) is 14.4. The van der Waals surface area contributed by atoms with Crippen LogP contribution in [0, 0.1) is 5.82 Å². The van der Waals surface area contributed by atoms with Crippen molar-refractivity contribution in [3.8, 4) is 11.1 Å². The minimum absolute atomic E-state index is 0.184. The molecule has 0 saturated carbocycles. The Morgan fingerprint density at radius 2 is 1.49 bits per heavy atom. The number of thioether (sulfide) groups is 1. The number of carbonyl (C=O) groups excluding carboxylic acids is 5. The van der Waals surface area contributed by atoms with E-state index < -0.39 is 28.8 Å². The first-order valence-corrected chi connectivity index (χ1v) is 18.5. The molecule has 2 aliphatic heterocycles. The zero-order chi connectivity index (χ0) is 38.5. The van der Waals surface area contributed by atoms with E-state index in [0.717, 1.165) is 28.5 Å². The fourth-order valence-corrected chi connectivity index (χ4v) is 7.54. The van der Waals surface area contributed by atoms with Gasteiger partial charge >= 0.3 is 0 Å². The van der Waals surface area contributed by atoms with Crippen molar-refractivity contribution in [2.24, 2.45) is 0 Å². The molecule has 1 N–H and O–H groups in total. The Morgan fingerprint density at radius 3 is 2.20 bits per heavy atom. The number of rotatable bonds is 11. The highest BCUT2D eigenvalue weighted by molar-refractivity contribution is 8.18. The number of likely N-dealkylation sites (N-methyl/N-ethyl adjacent to an activating group) is 1. The number of amides is 4. The Balaban J connectivity index is 1.12. The van der Waals surface area contributed by atoms with E-state index in [2.05, 4.69) is 5.32 Å². The van der Waals surface area contributed by atoms with Crippen LogP contribution in [-0.2, 0) is 16.1 Å². The van der Waals surface area contributed by atoms with Gasteiger partial charge in [-0.3, -0.25) is 29.3 Å². The molecule has 9 nitrogen and oxygen atoms in total. The third kappa shape index (κ3) is 8.48. The second-order valence-electron chi connectivity index (χ2n) is 13.3. The molecule has 2 aliphatic rings. The summed E-state index contributed by atoms with van der Waals surface area (Å²) in [7, 11) is 1.67. The Hall–Kier alpha value is -6.17. The van der Waals surface area contributed by atoms with Gasteiger partial charge in [-0.25, -0.2) is 4.39 Å². The van der Waals surface area contributed by atoms with Crippen molar-refractivity contribution in [3.63, 3.8) is 0 Å². The number of ether oxygens (including phenoxy) is 1. The molecule has 11 heteroatoms. The lowest BCUT2D eigenvalue weighted by molar-refractivity contribution is -0.115. The molecule has 5 aromatic rings. The summed E-state index contributed by atoms with van der Waals surface area (Å²) in [5.41, 5.74) is 4.81. The van der Waals surface area contributed by atoms with E-state index in [4.69, 9.17) is 4.74 Å². The van der Waals surface area contributed by atoms with Gasteiger partial charge in [-0.2, -0.15) is 0 Å². The van der Waals surface area contributed by atoms with Crippen LogP contribution in [0.2, 0.25) is 0 Å². The predicted molar refractivity (Wildman–Crippen MR) is 209 cm³/mol. The molecule has 5 aromatic carbocycles. The standard InChI is InChI=1S/C44H36FN3O6S/c1-47(42(51)31-17-15-28(16-18-31)23-39-41(50)46-44(53)55-39)25-34-24-35(54-27-32-11-5-6-12-36(32)29-9-3-2-4-10-29)26-48(34)43(52)38-14-8-7-13-37(38)40(49)30-19-21-33(45)22-20-30/h2-23,34-35H,24-27H2,1H3,(H,46,50,53)/b39-23-/t34-,35+/m0/s1. The number of hydrogen-bond acceptors (Lipinski definition) is 7. The first-order valence-electron chi connectivity index (χ1n) is 17.7. The van der Waals surface area contributed by atoms with Gasteiger partial charge in [0.15, 0.2) is 5.78 Å². The van der Waals surface area contributed by atoms with Gasteiger partial charge in [-0.1, -0.05) is 84.9 Å². The lowest BCUT2D eigenvalue weighted by Crippen LogP contribution is -2.44. The van der Waals surface area contributed by atoms with Crippen molar-refractivity contribution < 1.29 is 33.1 Å². The van der Waals surface area contributed by atoms with E-state index in [1.807, 2.05) is 54.6 Å². The molecule has 2 atom stereocenters. The highest BCUT2D eigenvalue weighted by Gasteiger charge is 2.38. The molecule has 55 heavy (non-hydrogen) atoms. The van der Waals surface area contributed by atoms with Crippen LogP contribution < -0.4 is 5.32 Å². The maximum absolute atomic E-state index is 14.5. The van der Waals surface area contributed by atoms with Gasteiger partial charge in [0.1, 0.15) is 5.82 Å². The molecule has 2 fully saturated rings. The van der Waals surface area contributed by atoms with Crippen LogP contribution in [0.25, 0.3) is 17.2 Å². The molecular formula is C44H36FN3O6S. The maximum atomic E-state index is 14.5. The van der Waals surface area contributed by atoms with Crippen molar-refractivity contribution in [1.82, 2.24) is 15.1 Å². The third-order valence-corrected chi connectivity index (χ3v) is 10.5. The van der Waals surface area contributed by atoms with Gasteiger partial charge in [0.05, 0.1) is 29.2 Å². The Morgan fingerprint density at radius 1 is 0.836 bits per heavy atom. The first kappa shape index (κ1) is 37.2. The second kappa shape index (κ2) is 16.5. The lowest BCUT2D eigenvalue weighted by atomic mass is 9.97. The summed E-state index contributed by atoms with van der Waals surface area (Å²) in [4.78, 5) is 68.8. The van der Waals surface area contributed by atoms with Crippen molar-refractivity contribution in [1.29, 1.82) is 0 Å². The van der Waals surface area contributed by atoms with Crippen LogP contribution in [0.5, 0.6) is 0 Å². The zero-order valence-electron chi connectivity index (χ0n) is 29.8. The van der Waals surface area contributed by atoms with E-state index >= 15 is 0 Å². The van der Waals surface area contributed by atoms with Crippen LogP contribution >= 0.6 is 11.8 Å². The number of nitrogens with one attached hydrogen (secondary N) is 1. The number of halogens is 1. The molecule has 0 spiro atoms. The third-order valence-electron chi connectivity index (χ3n) is 9.65. The van der Waals surface area contributed by atoms with Gasteiger partial charge in [0, 0.05) is 36.8 Å². The number of likely N-dealkylation sites (tertiary alicyclic amines) is 1. The van der Waals surface area contributed by atoms with Gasteiger partial charge in [0.25, 0.3) is 23.0 Å². The van der Waals surface area contributed by atoms with Crippen molar-refractivity contribution in [3.05, 3.63) is 171 Å². The van der Waals surface area contributed by atoms with Gasteiger partial charge in [-0.15, -0.1) is 0 Å². The smallest absolute Gasteiger partial charge is 0.290 e. The SMILES string of the molecule is CN(C[C@@H]1C[C@@H](OCc2ccccc2-c2ccccc2)CN1C(=O)c1ccccc1C(=O)c1ccc(F)cc1)C(=O)c1ccc(/C=C2\SC(=O)NC2=O)cc1. The number of carbonyl (C=O) groups is 5. The molecule has 0 unspecified atom stereocenters. The highest BCUT2D eigenvalue weighted by Crippen LogP contribution is 2.30. The van der Waals surface area contributed by atoms with Crippen molar-refractivity contribution in [2.45, 2.75) is 25.2 Å². The molecule has 2 saturated heterocycles. The van der Waals surface area contributed by atoms with Gasteiger partial charge in [-0.05, 0) is 89.0 Å². The fraction of sp³-hybridized carbons (Fsp3) is 0.159. The summed E-state index contributed by atoms with van der Waals surface area (Å²) in [5, 5.41) is 1.79. The van der Waals surface area contributed by atoms with Crippen LogP contribution in [0.15, 0.2) is 132 Å². The highest BCUT2D eigenvalue weighted by atomic mass is 32.2. The Kier molecular flexibility index (Phi) is 11.1. The van der Waals surface area contributed by atoms with Crippen molar-refractivity contribution >= 4 is 46.6 Å². The predicted octanol–water partition coefficient (Wildman–Crippen LogP) is 7.62. The monoisotopic (exact) mass is 753 g/mol. The van der Waals surface area contributed by atoms with Gasteiger partial charge in [0.2, 0.25) is 0 Å². The number of nitrogens with zero attached hydrogens (tertiary/aromatic N) is 2. The summed E-state index contributed by atoms with van der Waals surface area (Å²) in [6.07, 6.45) is 1.66. The summed E-state index contributed by atoms with van der Waals surface area (Å²) >= 11 is 0.817. The van der Waals surface area contributed by atoms with Crippen molar-refractivity contribution in [2.75, 3.05) is 20.1 Å². The summed E-state index contributed by atoms with van der Waals surface area (Å²) in [6.45, 7) is 0.717. The molecule has 2 heterocycles. The minimum atomic E-state index is -0.472. The molecule has 0 aliphatic carbocycles. The van der Waals surface area contributed by atoms with E-state index in [0.29, 0.717) is 24.2 Å². The van der Waals surface area contributed by atoms with Crippen LogP contribution in [0.3, 0.4) is 0 Å². The molecule has 7 rings (SSSR count). The van der Waals surface area contributed by atoms with E-state index in [-0.39, 0.29) is 52.6 Å². The van der Waals surface area contributed by atoms with Crippen LogP contribution in [0.4, 0.5) is 9.18 Å². The lowest BCUT2D eigenvalue weighted by Gasteiger charge is -2.29. The van der Waals surface area contributed by atoms with E-state index in [1.54, 1.807) is 71.5 Å². The fourth-order valence-electron chi connectivity index (χ4n) is 6.86. The minimum Gasteiger partial charge on any atom is -0.372 e. The first-order chi connectivity index (χ1) is 26.6. The molecule has 4 amide bonds. The molecular weight excluding hydrogens is 718 g/mol. The largest absolute Gasteiger partial charge is 0.372 e. The maximum Gasteiger partial charge on any atom is 0.290 e. The summed E-state index contributed by atoms with van der Waals surface area (Å²) < 4.78 is 20.2. The summed E-state index contributed by atoms with van der Waals surface area (Å²) in [5.74, 6) is -1.99. The average molecular weight is 754 g/mol. The Bertz CT molecular complexity index is 2300. The number of benzene rings is 5. The van der Waals surface area contributed by atoms with E-state index in [9.17, 15) is 28.4 Å². The quantitative estimate of drug-likeness (QED) is 0.109. The zero-order valence-corrected chi connectivity index (χ0v) is 30.6. The number of ketones is 1. The summed E-state index contributed by atoms with van der Waals surface area (Å²) in [6, 6.07) is 36.0. The normalized spacial score (nSPS) is 17.3. The molecule has 0 aromatic heterocycles. The number of hydrogen-bond donors (Lipinski definition) is 1. The molecule has 0 radical (unpaired) electrons. The van der Waals surface area contributed by atoms with Crippen LogP contribution in [-0.4, -0.2) is 70.8 Å². The molecule has 276 valence electrons. The van der Waals surface area contributed by atoms with E-state index in [1.165, 1.54) is 24.3 Å². The Labute approximate surface area is 321 Å². The topological polar surface area (TPSA) is 113 Å². The molecule has 0 bridgehead atoms. The van der Waals surface area contributed by atoms with Crippen LogP contribution in [0.1, 0.15) is 54.2 Å². The number of imide groups is 1. The average Bonchev–Trinajstić information content (AvgIpc) is 3.77. The van der Waals surface area contributed by atoms with Gasteiger partial charge < -0.3 is 14.5 Å².